The predicted molar refractivity (Wildman–Crippen MR) is 327 cm³/mol. The Balaban J connectivity index is 1.20. The molecule has 0 N–H and O–H groups in total. The number of nitrogens with zero attached hydrogens (tertiary/aromatic N) is 4. The topological polar surface area (TPSA) is 13.0 Å². The highest BCUT2D eigenvalue weighted by Gasteiger charge is 2.47. The fourth-order valence-electron chi connectivity index (χ4n) is 13.5. The Kier molecular flexibility index (Phi) is 12.4. The molecule has 0 bridgehead atoms. The van der Waals surface area contributed by atoms with Crippen molar-refractivity contribution in [3.63, 3.8) is 0 Å². The summed E-state index contributed by atoms with van der Waals surface area (Å²) >= 11 is 0. The van der Waals surface area contributed by atoms with Crippen LogP contribution in [0.4, 0.5) is 62.6 Å². The van der Waals surface area contributed by atoms with E-state index in [0.29, 0.717) is 0 Å². The minimum absolute atomic E-state index is 0.165. The largest absolute Gasteiger partial charge is 0.334 e. The molecule has 0 saturated heterocycles. The van der Waals surface area contributed by atoms with Gasteiger partial charge >= 0.3 is 0 Å². The van der Waals surface area contributed by atoms with Gasteiger partial charge in [-0.15, -0.1) is 0 Å². The van der Waals surface area contributed by atoms with Crippen molar-refractivity contribution >= 4 is 62.6 Å². The molecule has 1 aliphatic carbocycles. The molecule has 1 atom stereocenters. The molecule has 76 heavy (non-hydrogen) atoms. The average Bonchev–Trinajstić information content (AvgIpc) is 3.30. The molecular formula is C72H76N4. The van der Waals surface area contributed by atoms with Crippen LogP contribution in [0, 0.1) is 69.2 Å². The lowest BCUT2D eigenvalue weighted by molar-refractivity contribution is 0.597. The third-order valence-electron chi connectivity index (χ3n) is 16.4. The molecule has 4 nitrogen and oxygen atoms in total. The van der Waals surface area contributed by atoms with Crippen LogP contribution >= 0.6 is 0 Å². The Morgan fingerprint density at radius 3 is 1.05 bits per heavy atom. The Hall–Kier alpha value is -7.56. The van der Waals surface area contributed by atoms with Gasteiger partial charge in [-0.25, -0.2) is 0 Å². The van der Waals surface area contributed by atoms with Gasteiger partial charge in [0.05, 0.1) is 23.1 Å². The summed E-state index contributed by atoms with van der Waals surface area (Å²) in [4.78, 5) is 10.3. The highest BCUT2D eigenvalue weighted by Crippen LogP contribution is 2.62. The molecule has 0 saturated carbocycles. The second-order valence-corrected chi connectivity index (χ2v) is 24.3. The molecular weight excluding hydrogens is 921 g/mol. The maximum atomic E-state index is 2.64. The van der Waals surface area contributed by atoms with Crippen molar-refractivity contribution in [2.24, 2.45) is 0 Å². The zero-order chi connectivity index (χ0) is 53.9. The highest BCUT2D eigenvalue weighted by molar-refractivity contribution is 5.97. The van der Waals surface area contributed by atoms with Gasteiger partial charge in [-0.2, -0.15) is 0 Å². The van der Waals surface area contributed by atoms with E-state index in [4.69, 9.17) is 0 Å². The maximum absolute atomic E-state index is 2.64. The van der Waals surface area contributed by atoms with E-state index in [1.165, 1.54) is 140 Å². The Morgan fingerprint density at radius 1 is 0.355 bits per heavy atom. The summed E-state index contributed by atoms with van der Waals surface area (Å²) < 4.78 is 0. The van der Waals surface area contributed by atoms with Crippen molar-refractivity contribution in [1.82, 2.24) is 0 Å². The van der Waals surface area contributed by atoms with E-state index in [9.17, 15) is 0 Å². The van der Waals surface area contributed by atoms with Crippen LogP contribution in [-0.2, 0) is 10.8 Å². The first-order valence-corrected chi connectivity index (χ1v) is 27.5. The predicted octanol–water partition coefficient (Wildman–Crippen LogP) is 20.3. The average molecular weight is 997 g/mol. The molecule has 2 aliphatic heterocycles. The van der Waals surface area contributed by atoms with Crippen LogP contribution in [0.15, 0.2) is 163 Å². The molecule has 2 heterocycles. The van der Waals surface area contributed by atoms with Crippen LogP contribution in [0.25, 0.3) is 0 Å². The fraction of sp³-hybridized carbons (Fsp3) is 0.278. The lowest BCUT2D eigenvalue weighted by atomic mass is 9.66. The first-order chi connectivity index (χ1) is 36.0. The Labute approximate surface area is 454 Å². The van der Waals surface area contributed by atoms with Gasteiger partial charge in [-0.3, -0.25) is 0 Å². The van der Waals surface area contributed by atoms with Crippen LogP contribution in [0.3, 0.4) is 0 Å². The number of hydrogen-bond acceptors (Lipinski definition) is 4. The van der Waals surface area contributed by atoms with Gasteiger partial charge in [-0.1, -0.05) is 81.3 Å². The van der Waals surface area contributed by atoms with Crippen molar-refractivity contribution in [1.29, 1.82) is 0 Å². The minimum atomic E-state index is -0.417. The van der Waals surface area contributed by atoms with Crippen molar-refractivity contribution in [2.45, 2.75) is 134 Å². The van der Waals surface area contributed by atoms with Crippen LogP contribution in [0.1, 0.15) is 126 Å². The molecule has 0 fully saturated rings. The van der Waals surface area contributed by atoms with Gasteiger partial charge in [-0.05, 0) is 277 Å². The van der Waals surface area contributed by atoms with E-state index in [-0.39, 0.29) is 6.04 Å². The maximum Gasteiger partial charge on any atom is 0.0564 e. The smallest absolute Gasteiger partial charge is 0.0564 e. The molecule has 0 radical (unpaired) electrons. The van der Waals surface area contributed by atoms with E-state index in [1.54, 1.807) is 0 Å². The normalized spacial score (nSPS) is 15.8. The lowest BCUT2D eigenvalue weighted by Crippen LogP contribution is -2.39. The molecule has 384 valence electrons. The zero-order valence-electron chi connectivity index (χ0n) is 48.0. The van der Waals surface area contributed by atoms with Crippen LogP contribution in [0.2, 0.25) is 0 Å². The monoisotopic (exact) mass is 997 g/mol. The summed E-state index contributed by atoms with van der Waals surface area (Å²) in [6, 6.07) is 54.9. The number of hydrogen-bond donors (Lipinski definition) is 0. The third kappa shape index (κ3) is 8.94. The second-order valence-electron chi connectivity index (χ2n) is 24.3. The quantitative estimate of drug-likeness (QED) is 0.143. The van der Waals surface area contributed by atoms with Gasteiger partial charge in [0.2, 0.25) is 0 Å². The lowest BCUT2D eigenvalue weighted by Gasteiger charge is -2.50. The molecule has 11 rings (SSSR count). The van der Waals surface area contributed by atoms with E-state index < -0.39 is 10.8 Å². The molecule has 0 aromatic heterocycles. The van der Waals surface area contributed by atoms with Crippen molar-refractivity contribution < 1.29 is 0 Å². The molecule has 3 aliphatic rings. The molecule has 8 aromatic carbocycles. The van der Waals surface area contributed by atoms with E-state index >= 15 is 0 Å². The van der Waals surface area contributed by atoms with Crippen LogP contribution in [-0.4, -0.2) is 6.04 Å². The fourth-order valence-corrected chi connectivity index (χ4v) is 13.5. The summed E-state index contributed by atoms with van der Waals surface area (Å²) in [6.07, 6.45) is 5.78. The minimum Gasteiger partial charge on any atom is -0.334 e. The Bertz CT molecular complexity index is 3540. The first-order valence-electron chi connectivity index (χ1n) is 27.5. The standard InChI is InChI=1S/C72H76N4/c1-43-21-44(2)28-57(27-43)73(58-29-45(3)22-46(4)30-58)55-17-19-68-64(39-55)71(13,14)66-41-63(75(61-35-51(9)25-52(10)36-61)62-37-53(11)26-54(12)38-62)42-67-70(66)76(68)69-20-18-56(40-65(69)72(67,15)16)74(59-31-47(5)23-48(6)32-59)60-33-49(7)24-50(8)34-60/h17-33,35-42,60H,34H2,1-16H3. The summed E-state index contributed by atoms with van der Waals surface area (Å²) in [7, 11) is 0. The molecule has 4 heteroatoms. The molecule has 0 amide bonds. The van der Waals surface area contributed by atoms with Crippen molar-refractivity contribution in [3.8, 4) is 0 Å². The molecule has 0 spiro atoms. The zero-order valence-corrected chi connectivity index (χ0v) is 48.0. The number of benzene rings is 8. The van der Waals surface area contributed by atoms with E-state index in [2.05, 4.69) is 282 Å². The van der Waals surface area contributed by atoms with Crippen molar-refractivity contribution in [2.75, 3.05) is 19.6 Å². The second kappa shape index (κ2) is 18.6. The summed E-state index contributed by atoms with van der Waals surface area (Å²) in [5.41, 5.74) is 32.8. The molecule has 1 unspecified atom stereocenters. The van der Waals surface area contributed by atoms with Gasteiger partial charge in [0.25, 0.3) is 0 Å². The van der Waals surface area contributed by atoms with Crippen LogP contribution in [0.5, 0.6) is 0 Å². The van der Waals surface area contributed by atoms with Gasteiger partial charge in [0, 0.05) is 56.3 Å². The van der Waals surface area contributed by atoms with Gasteiger partial charge in [0.15, 0.2) is 0 Å². The third-order valence-corrected chi connectivity index (χ3v) is 16.4. The Morgan fingerprint density at radius 2 is 0.671 bits per heavy atom. The molecule has 8 aromatic rings. The SMILES string of the molecule is CC1=CC(N(c2cc(C)cc(C)c2)c2ccc3c(c2)C(C)(C)c2cc(N(c4cc(C)cc(C)c4)c4cc(C)cc(C)c4)cc4c2N3c2ccc(N(c3cc(C)cc(C)c3)c3cc(C)cc(C)c3)cc2C4(C)C)CC(C)=C1. The first kappa shape index (κ1) is 50.6. The van der Waals surface area contributed by atoms with Crippen LogP contribution < -0.4 is 19.6 Å². The van der Waals surface area contributed by atoms with E-state index in [1.807, 2.05) is 0 Å². The highest BCUT2D eigenvalue weighted by atomic mass is 15.2. The number of fused-ring (bicyclic) bond motifs is 4. The summed E-state index contributed by atoms with van der Waals surface area (Å²) in [5, 5.41) is 0. The number of anilines is 11. The summed E-state index contributed by atoms with van der Waals surface area (Å²) in [5.74, 6) is 0. The van der Waals surface area contributed by atoms with Crippen molar-refractivity contribution in [3.05, 3.63) is 241 Å². The number of allylic oxidation sites excluding steroid dienone is 2. The van der Waals surface area contributed by atoms with Gasteiger partial charge < -0.3 is 19.6 Å². The van der Waals surface area contributed by atoms with E-state index in [0.717, 1.165) is 17.8 Å². The van der Waals surface area contributed by atoms with Gasteiger partial charge in [0.1, 0.15) is 0 Å². The number of rotatable bonds is 9. The number of aryl methyl sites for hydroxylation is 10. The summed E-state index contributed by atoms with van der Waals surface area (Å²) in [6.45, 7) is 36.6.